The molecule has 0 spiro atoms. The van der Waals surface area contributed by atoms with Gasteiger partial charge in [0.25, 0.3) is 5.56 Å². The van der Waals surface area contributed by atoms with E-state index in [9.17, 15) is 18.4 Å². The van der Waals surface area contributed by atoms with Crippen molar-refractivity contribution in [3.8, 4) is 0 Å². The second-order valence-electron chi connectivity index (χ2n) is 2.30. The van der Waals surface area contributed by atoms with Gasteiger partial charge in [0.05, 0.1) is 0 Å². The third-order valence-electron chi connectivity index (χ3n) is 1.48. The summed E-state index contributed by atoms with van der Waals surface area (Å²) in [5.41, 5.74) is -2.02. The summed E-state index contributed by atoms with van der Waals surface area (Å²) in [4.78, 5) is 25.5. The van der Waals surface area contributed by atoms with Gasteiger partial charge in [-0.05, 0) is 0 Å². The van der Waals surface area contributed by atoms with Crippen LogP contribution in [0.2, 0.25) is 0 Å². The van der Waals surface area contributed by atoms with Gasteiger partial charge in [0.15, 0.2) is 5.82 Å². The van der Waals surface area contributed by atoms with Crippen LogP contribution in [0.4, 0.5) is 8.78 Å². The molecule has 0 bridgehead atoms. The van der Waals surface area contributed by atoms with Gasteiger partial charge in [-0.25, -0.2) is 9.18 Å². The molecule has 2 heterocycles. The molecule has 0 radical (unpaired) electrons. The average Bonchev–Trinajstić information content (AvgIpc) is 2.32. The zero-order valence-corrected chi connectivity index (χ0v) is 6.80. The lowest BCUT2D eigenvalue weighted by Gasteiger charge is -1.85. The molecule has 0 unspecified atom stereocenters. The zero-order valence-electron chi connectivity index (χ0n) is 5.98. The van der Waals surface area contributed by atoms with E-state index in [1.165, 1.54) is 0 Å². The first-order valence-corrected chi connectivity index (χ1v) is 4.01. The van der Waals surface area contributed by atoms with Crippen molar-refractivity contribution in [2.24, 2.45) is 0 Å². The number of aromatic amines is 2. The second kappa shape index (κ2) is 2.49. The van der Waals surface area contributed by atoms with Crippen LogP contribution in [0.1, 0.15) is 0 Å². The van der Waals surface area contributed by atoms with Crippen LogP contribution in [0, 0.1) is 10.9 Å². The highest BCUT2D eigenvalue weighted by atomic mass is 32.1. The molecule has 0 fully saturated rings. The minimum Gasteiger partial charge on any atom is -0.303 e. The van der Waals surface area contributed by atoms with Crippen molar-refractivity contribution in [3.05, 3.63) is 31.8 Å². The number of hydrogen-bond donors (Lipinski definition) is 2. The summed E-state index contributed by atoms with van der Waals surface area (Å²) >= 11 is 0.359. The van der Waals surface area contributed by atoms with Crippen molar-refractivity contribution in [1.82, 2.24) is 9.97 Å². The fourth-order valence-corrected chi connectivity index (χ4v) is 1.72. The fraction of sp³-hybridized carbons (Fsp3) is 0. The van der Waals surface area contributed by atoms with Gasteiger partial charge in [-0.15, -0.1) is 0 Å². The lowest BCUT2D eigenvalue weighted by molar-refractivity contribution is 0.536. The third-order valence-corrected chi connectivity index (χ3v) is 2.43. The molecule has 2 N–H and O–H groups in total. The highest BCUT2D eigenvalue weighted by molar-refractivity contribution is 7.17. The molecule has 0 atom stereocenters. The van der Waals surface area contributed by atoms with Gasteiger partial charge in [-0.1, -0.05) is 11.3 Å². The predicted octanol–water partition coefficient (Wildman–Crippen LogP) is 0.556. The molecule has 4 nitrogen and oxygen atoms in total. The summed E-state index contributed by atoms with van der Waals surface area (Å²) in [7, 11) is 0. The Morgan fingerprint density at radius 1 is 1.15 bits per heavy atom. The third kappa shape index (κ3) is 1.08. The summed E-state index contributed by atoms with van der Waals surface area (Å²) < 4.78 is 25.3. The topological polar surface area (TPSA) is 65.7 Å². The van der Waals surface area contributed by atoms with E-state index < -0.39 is 22.2 Å². The van der Waals surface area contributed by atoms with Gasteiger partial charge >= 0.3 is 5.69 Å². The SMILES string of the molecule is O=c1[nH]c(=O)c2sc(F)c(F)c2[nH]1. The summed E-state index contributed by atoms with van der Waals surface area (Å²) in [6, 6.07) is 0. The Balaban J connectivity index is 3.12. The van der Waals surface area contributed by atoms with Crippen LogP contribution in [0.25, 0.3) is 10.2 Å². The number of hydrogen-bond acceptors (Lipinski definition) is 3. The standard InChI is InChI=1S/C6H2F2N2O2S/c7-1-2-3(13-4(1)8)5(11)10-6(12)9-2/h(H2,9,10,11,12). The van der Waals surface area contributed by atoms with Gasteiger partial charge in [0.2, 0.25) is 5.13 Å². The normalized spacial score (nSPS) is 10.9. The molecular formula is C6H2F2N2O2S. The van der Waals surface area contributed by atoms with Crippen molar-refractivity contribution in [2.45, 2.75) is 0 Å². The Labute approximate surface area is 72.8 Å². The number of rotatable bonds is 0. The van der Waals surface area contributed by atoms with E-state index in [4.69, 9.17) is 0 Å². The molecule has 7 heteroatoms. The maximum atomic E-state index is 12.8. The smallest absolute Gasteiger partial charge is 0.303 e. The minimum atomic E-state index is -1.19. The molecule has 13 heavy (non-hydrogen) atoms. The molecule has 0 aromatic carbocycles. The molecule has 2 aromatic heterocycles. The summed E-state index contributed by atoms with van der Waals surface area (Å²) in [6.07, 6.45) is 0. The van der Waals surface area contributed by atoms with Gasteiger partial charge in [0, 0.05) is 0 Å². The number of H-pyrrole nitrogens is 2. The lowest BCUT2D eigenvalue weighted by atomic mass is 10.4. The molecule has 0 aliphatic carbocycles. The molecule has 2 aromatic rings. The van der Waals surface area contributed by atoms with Crippen molar-refractivity contribution in [3.63, 3.8) is 0 Å². The van der Waals surface area contributed by atoms with Crippen LogP contribution in [-0.2, 0) is 0 Å². The van der Waals surface area contributed by atoms with E-state index in [2.05, 4.69) is 0 Å². The Hall–Kier alpha value is -1.50. The quantitative estimate of drug-likeness (QED) is 0.658. The first kappa shape index (κ1) is 8.11. The van der Waals surface area contributed by atoms with E-state index in [0.717, 1.165) is 0 Å². The van der Waals surface area contributed by atoms with Gasteiger partial charge in [0.1, 0.15) is 10.2 Å². The molecule has 0 saturated heterocycles. The van der Waals surface area contributed by atoms with Gasteiger partial charge in [-0.2, -0.15) is 4.39 Å². The van der Waals surface area contributed by atoms with Crippen LogP contribution in [0.15, 0.2) is 9.59 Å². The predicted molar refractivity (Wildman–Crippen MR) is 43.0 cm³/mol. The Kier molecular flexibility index (Phi) is 1.56. The first-order chi connectivity index (χ1) is 6.09. The minimum absolute atomic E-state index is 0.158. The van der Waals surface area contributed by atoms with E-state index >= 15 is 0 Å². The van der Waals surface area contributed by atoms with Crippen LogP contribution in [0.3, 0.4) is 0 Å². The molecular weight excluding hydrogens is 202 g/mol. The number of aromatic nitrogens is 2. The second-order valence-corrected chi connectivity index (χ2v) is 3.27. The largest absolute Gasteiger partial charge is 0.326 e. The Bertz CT molecular complexity index is 582. The highest BCUT2D eigenvalue weighted by Gasteiger charge is 2.14. The van der Waals surface area contributed by atoms with Crippen LogP contribution in [-0.4, -0.2) is 9.97 Å². The van der Waals surface area contributed by atoms with Crippen LogP contribution in [0.5, 0.6) is 0 Å². The monoisotopic (exact) mass is 204 g/mol. The summed E-state index contributed by atoms with van der Waals surface area (Å²) in [6.45, 7) is 0. The molecule has 0 aliphatic rings. The maximum absolute atomic E-state index is 12.8. The number of halogens is 2. The molecule has 2 rings (SSSR count). The van der Waals surface area contributed by atoms with Crippen molar-refractivity contribution in [2.75, 3.05) is 0 Å². The summed E-state index contributed by atoms with van der Waals surface area (Å²) in [5, 5.41) is -1.11. The van der Waals surface area contributed by atoms with Crippen molar-refractivity contribution < 1.29 is 8.78 Å². The number of thiophene rings is 1. The number of fused-ring (bicyclic) bond motifs is 1. The first-order valence-electron chi connectivity index (χ1n) is 3.19. The summed E-state index contributed by atoms with van der Waals surface area (Å²) in [5.74, 6) is -1.19. The molecule has 68 valence electrons. The van der Waals surface area contributed by atoms with Crippen molar-refractivity contribution in [1.29, 1.82) is 0 Å². The van der Waals surface area contributed by atoms with E-state index in [1.54, 1.807) is 0 Å². The molecule has 0 amide bonds. The van der Waals surface area contributed by atoms with Gasteiger partial charge in [-0.3, -0.25) is 9.78 Å². The van der Waals surface area contributed by atoms with E-state index in [-0.39, 0.29) is 10.2 Å². The Morgan fingerprint density at radius 2 is 1.85 bits per heavy atom. The Morgan fingerprint density at radius 3 is 2.54 bits per heavy atom. The highest BCUT2D eigenvalue weighted by Crippen LogP contribution is 2.22. The van der Waals surface area contributed by atoms with Gasteiger partial charge < -0.3 is 4.98 Å². The molecule has 0 aliphatic heterocycles. The zero-order chi connectivity index (χ0) is 9.59. The fourth-order valence-electron chi connectivity index (χ4n) is 0.960. The van der Waals surface area contributed by atoms with E-state index in [0.29, 0.717) is 11.3 Å². The molecule has 0 saturated carbocycles. The lowest BCUT2D eigenvalue weighted by Crippen LogP contribution is -2.20. The van der Waals surface area contributed by atoms with Crippen molar-refractivity contribution >= 4 is 21.6 Å². The van der Waals surface area contributed by atoms with Crippen LogP contribution < -0.4 is 11.2 Å². The van der Waals surface area contributed by atoms with E-state index in [1.807, 2.05) is 9.97 Å². The number of nitrogens with one attached hydrogen (secondary N) is 2. The van der Waals surface area contributed by atoms with Crippen LogP contribution >= 0.6 is 11.3 Å². The maximum Gasteiger partial charge on any atom is 0.326 e. The average molecular weight is 204 g/mol.